The Morgan fingerprint density at radius 3 is 2.21 bits per heavy atom. The van der Waals surface area contributed by atoms with Crippen LogP contribution >= 0.6 is 0 Å². The largest absolute Gasteiger partial charge is 0.465 e. The van der Waals surface area contributed by atoms with Crippen molar-refractivity contribution in [3.63, 3.8) is 0 Å². The molecular weight excluding hydrogens is 369 g/mol. The first kappa shape index (κ1) is 19.0. The quantitative estimate of drug-likeness (QED) is 0.647. The van der Waals surface area contributed by atoms with Crippen LogP contribution in [-0.2, 0) is 6.42 Å². The van der Waals surface area contributed by atoms with Crippen LogP contribution in [0.3, 0.4) is 0 Å². The molecule has 0 aliphatic carbocycles. The van der Waals surface area contributed by atoms with E-state index < -0.39 is 35.7 Å². The highest BCUT2D eigenvalue weighted by atomic mass is 19.1. The number of amides is 4. The van der Waals surface area contributed by atoms with Crippen molar-refractivity contribution >= 4 is 23.8 Å². The first-order valence-corrected chi connectivity index (χ1v) is 8.31. The van der Waals surface area contributed by atoms with E-state index in [9.17, 15) is 23.6 Å². The molecule has 4 amide bonds. The first-order chi connectivity index (χ1) is 13.3. The minimum absolute atomic E-state index is 0.00430. The SMILES string of the molecule is NC(=O)c1ccc(CC(CN2C(=O)c3ccccc3C2=O)NC(=O)O)cc1F. The van der Waals surface area contributed by atoms with Crippen molar-refractivity contribution in [1.29, 1.82) is 0 Å². The molecular formula is C19H16FN3O5. The minimum atomic E-state index is -1.35. The number of nitrogens with one attached hydrogen (secondary N) is 1. The maximum absolute atomic E-state index is 14.0. The summed E-state index contributed by atoms with van der Waals surface area (Å²) in [7, 11) is 0. The summed E-state index contributed by atoms with van der Waals surface area (Å²) in [5.41, 5.74) is 5.65. The van der Waals surface area contributed by atoms with Crippen LogP contribution in [0.2, 0.25) is 0 Å². The number of rotatable bonds is 6. The molecule has 28 heavy (non-hydrogen) atoms. The summed E-state index contributed by atoms with van der Waals surface area (Å²) >= 11 is 0. The summed E-state index contributed by atoms with van der Waals surface area (Å²) in [5, 5.41) is 11.3. The molecule has 0 bridgehead atoms. The van der Waals surface area contributed by atoms with Gasteiger partial charge in [0.2, 0.25) is 0 Å². The van der Waals surface area contributed by atoms with E-state index >= 15 is 0 Å². The Bertz CT molecular complexity index is 956. The molecule has 1 aliphatic rings. The number of benzene rings is 2. The molecule has 8 nitrogen and oxygen atoms in total. The highest BCUT2D eigenvalue weighted by Gasteiger charge is 2.36. The summed E-state index contributed by atoms with van der Waals surface area (Å²) < 4.78 is 14.0. The molecule has 0 fully saturated rings. The number of imide groups is 1. The van der Waals surface area contributed by atoms with Crippen molar-refractivity contribution in [3.05, 3.63) is 70.5 Å². The number of hydrogen-bond donors (Lipinski definition) is 3. The van der Waals surface area contributed by atoms with Gasteiger partial charge in [0.05, 0.1) is 29.3 Å². The molecule has 1 unspecified atom stereocenters. The second kappa shape index (κ2) is 7.47. The first-order valence-electron chi connectivity index (χ1n) is 8.31. The molecule has 2 aromatic rings. The summed E-state index contributed by atoms with van der Waals surface area (Å²) in [6.07, 6.45) is -1.36. The van der Waals surface area contributed by atoms with Gasteiger partial charge in [0.25, 0.3) is 17.7 Å². The number of carboxylic acid groups (broad SMARTS) is 1. The molecule has 144 valence electrons. The van der Waals surface area contributed by atoms with E-state index in [0.717, 1.165) is 11.0 Å². The Balaban J connectivity index is 1.81. The highest BCUT2D eigenvalue weighted by molar-refractivity contribution is 6.21. The van der Waals surface area contributed by atoms with Crippen LogP contribution in [0.4, 0.5) is 9.18 Å². The van der Waals surface area contributed by atoms with E-state index in [1.54, 1.807) is 12.1 Å². The minimum Gasteiger partial charge on any atom is -0.465 e. The van der Waals surface area contributed by atoms with Gasteiger partial charge in [0.15, 0.2) is 0 Å². The Labute approximate surface area is 158 Å². The molecule has 0 saturated carbocycles. The normalized spacial score (nSPS) is 14.0. The lowest BCUT2D eigenvalue weighted by atomic mass is 10.0. The van der Waals surface area contributed by atoms with E-state index in [1.807, 2.05) is 0 Å². The van der Waals surface area contributed by atoms with Gasteiger partial charge in [-0.15, -0.1) is 0 Å². The molecule has 4 N–H and O–H groups in total. The van der Waals surface area contributed by atoms with Crippen LogP contribution in [0.25, 0.3) is 0 Å². The maximum atomic E-state index is 14.0. The molecule has 1 heterocycles. The van der Waals surface area contributed by atoms with Crippen molar-refractivity contribution < 1.29 is 28.7 Å². The number of halogens is 1. The van der Waals surface area contributed by atoms with Crippen LogP contribution < -0.4 is 11.1 Å². The van der Waals surface area contributed by atoms with Crippen molar-refractivity contribution in [3.8, 4) is 0 Å². The summed E-state index contributed by atoms with van der Waals surface area (Å²) in [6.45, 7) is -0.224. The molecule has 9 heteroatoms. The Hall–Kier alpha value is -3.75. The third-order valence-corrected chi connectivity index (χ3v) is 4.39. The third-order valence-electron chi connectivity index (χ3n) is 4.39. The fourth-order valence-corrected chi connectivity index (χ4v) is 3.13. The third kappa shape index (κ3) is 3.68. The van der Waals surface area contributed by atoms with Crippen LogP contribution in [0.15, 0.2) is 42.5 Å². The van der Waals surface area contributed by atoms with Gasteiger partial charge in [-0.25, -0.2) is 9.18 Å². The fourth-order valence-electron chi connectivity index (χ4n) is 3.13. The number of hydrogen-bond acceptors (Lipinski definition) is 4. The lowest BCUT2D eigenvalue weighted by Crippen LogP contribution is -2.46. The fraction of sp³-hybridized carbons (Fsp3) is 0.158. The molecule has 1 atom stereocenters. The smallest absolute Gasteiger partial charge is 0.404 e. The Morgan fingerprint density at radius 1 is 1.11 bits per heavy atom. The average molecular weight is 385 g/mol. The molecule has 2 aromatic carbocycles. The van der Waals surface area contributed by atoms with Gasteiger partial charge in [-0.1, -0.05) is 18.2 Å². The van der Waals surface area contributed by atoms with Gasteiger partial charge in [0, 0.05) is 0 Å². The zero-order chi connectivity index (χ0) is 20.4. The second-order valence-electron chi connectivity index (χ2n) is 6.30. The molecule has 3 rings (SSSR count). The standard InChI is InChI=1S/C19H16FN3O5/c20-15-8-10(5-6-14(15)16(21)24)7-11(22-19(27)28)9-23-17(25)12-3-1-2-4-13(12)18(23)26/h1-6,8,11,22H,7,9H2,(H2,21,24)(H,27,28). The summed E-state index contributed by atoms with van der Waals surface area (Å²) in [4.78, 5) is 48.2. The van der Waals surface area contributed by atoms with Crippen LogP contribution in [0.5, 0.6) is 0 Å². The predicted molar refractivity (Wildman–Crippen MR) is 95.4 cm³/mol. The second-order valence-corrected chi connectivity index (χ2v) is 6.30. The van der Waals surface area contributed by atoms with Gasteiger partial charge < -0.3 is 16.2 Å². The van der Waals surface area contributed by atoms with Gasteiger partial charge >= 0.3 is 6.09 Å². The number of nitrogens with zero attached hydrogens (tertiary/aromatic N) is 1. The lowest BCUT2D eigenvalue weighted by Gasteiger charge is -2.22. The van der Waals surface area contributed by atoms with Gasteiger partial charge in [-0.05, 0) is 36.2 Å². The molecule has 0 aromatic heterocycles. The summed E-state index contributed by atoms with van der Waals surface area (Å²) in [5.74, 6) is -2.80. The van der Waals surface area contributed by atoms with Gasteiger partial charge in [0.1, 0.15) is 5.82 Å². The van der Waals surface area contributed by atoms with E-state index in [2.05, 4.69) is 5.32 Å². The lowest BCUT2D eigenvalue weighted by molar-refractivity contribution is 0.0635. The van der Waals surface area contributed by atoms with Crippen LogP contribution in [-0.4, -0.2) is 46.4 Å². The van der Waals surface area contributed by atoms with Gasteiger partial charge in [-0.3, -0.25) is 19.3 Å². The van der Waals surface area contributed by atoms with Crippen molar-refractivity contribution in [2.45, 2.75) is 12.5 Å². The topological polar surface area (TPSA) is 130 Å². The molecule has 1 aliphatic heterocycles. The maximum Gasteiger partial charge on any atom is 0.404 e. The Kier molecular flexibility index (Phi) is 5.08. The van der Waals surface area contributed by atoms with E-state index in [1.165, 1.54) is 24.3 Å². The van der Waals surface area contributed by atoms with Crippen LogP contribution in [0, 0.1) is 5.82 Å². The van der Waals surface area contributed by atoms with E-state index in [0.29, 0.717) is 5.56 Å². The summed E-state index contributed by atoms with van der Waals surface area (Å²) in [6, 6.07) is 9.12. The van der Waals surface area contributed by atoms with Crippen molar-refractivity contribution in [2.75, 3.05) is 6.54 Å². The highest BCUT2D eigenvalue weighted by Crippen LogP contribution is 2.23. The van der Waals surface area contributed by atoms with E-state index in [4.69, 9.17) is 10.8 Å². The molecule has 0 saturated heterocycles. The zero-order valence-electron chi connectivity index (χ0n) is 14.5. The van der Waals surface area contributed by atoms with Crippen LogP contribution in [0.1, 0.15) is 36.6 Å². The number of fused-ring (bicyclic) bond motifs is 1. The molecule has 0 radical (unpaired) electrons. The molecule has 0 spiro atoms. The van der Waals surface area contributed by atoms with Crippen molar-refractivity contribution in [1.82, 2.24) is 10.2 Å². The average Bonchev–Trinajstić information content (AvgIpc) is 2.86. The predicted octanol–water partition coefficient (Wildman–Crippen LogP) is 1.40. The number of carbonyl (C=O) groups is 4. The van der Waals surface area contributed by atoms with Gasteiger partial charge in [-0.2, -0.15) is 0 Å². The monoisotopic (exact) mass is 385 g/mol. The number of carbonyl (C=O) groups excluding carboxylic acids is 3. The van der Waals surface area contributed by atoms with Crippen molar-refractivity contribution in [2.24, 2.45) is 5.73 Å². The van der Waals surface area contributed by atoms with E-state index in [-0.39, 0.29) is 29.7 Å². The zero-order valence-corrected chi connectivity index (χ0v) is 14.5. The number of nitrogens with two attached hydrogens (primary N) is 1. The number of primary amides is 1. The Morgan fingerprint density at radius 2 is 1.71 bits per heavy atom.